The number of carbonyl (C=O) groups excluding carboxylic acids is 2. The van der Waals surface area contributed by atoms with E-state index in [2.05, 4.69) is 9.88 Å². The minimum absolute atomic E-state index is 0.0214. The minimum atomic E-state index is -0.0214. The first kappa shape index (κ1) is 18.5. The molecule has 2 amide bonds. The molecule has 0 N–H and O–H groups in total. The Morgan fingerprint density at radius 1 is 1.04 bits per heavy atom. The summed E-state index contributed by atoms with van der Waals surface area (Å²) in [5.74, 6) is 0.130. The van der Waals surface area contributed by atoms with Gasteiger partial charge in [-0.25, -0.2) is 4.98 Å². The number of aromatic nitrogens is 1. The first-order valence-electron chi connectivity index (χ1n) is 9.06. The number of amides is 2. The van der Waals surface area contributed by atoms with Crippen LogP contribution in [0.2, 0.25) is 0 Å². The molecule has 0 bridgehead atoms. The summed E-state index contributed by atoms with van der Waals surface area (Å²) in [4.78, 5) is 35.4. The van der Waals surface area contributed by atoms with Crippen LogP contribution in [0.15, 0.2) is 22.2 Å². The van der Waals surface area contributed by atoms with Crippen LogP contribution < -0.4 is 0 Å². The van der Waals surface area contributed by atoms with Gasteiger partial charge in [0.1, 0.15) is 10.7 Å². The van der Waals surface area contributed by atoms with E-state index >= 15 is 0 Å². The van der Waals surface area contributed by atoms with Crippen LogP contribution in [-0.2, 0) is 9.53 Å². The molecule has 0 unspecified atom stereocenters. The van der Waals surface area contributed by atoms with E-state index in [0.717, 1.165) is 10.6 Å². The summed E-state index contributed by atoms with van der Waals surface area (Å²) in [6.07, 6.45) is 0. The molecule has 144 valence electrons. The van der Waals surface area contributed by atoms with Gasteiger partial charge in [0.25, 0.3) is 5.91 Å². The Bertz CT molecular complexity index is 778. The lowest BCUT2D eigenvalue weighted by Crippen LogP contribution is -2.52. The first-order valence-corrected chi connectivity index (χ1v) is 10.9. The van der Waals surface area contributed by atoms with Gasteiger partial charge in [-0.3, -0.25) is 14.5 Å². The second-order valence-corrected chi connectivity index (χ2v) is 8.25. The number of hydrogen-bond donors (Lipinski definition) is 0. The Morgan fingerprint density at radius 3 is 2.52 bits per heavy atom. The summed E-state index contributed by atoms with van der Waals surface area (Å²) >= 11 is 3.12. The Hall–Kier alpha value is -1.81. The fraction of sp³-hybridized carbons (Fsp3) is 0.500. The summed E-state index contributed by atoms with van der Waals surface area (Å²) in [5, 5.41) is 6.77. The molecule has 7 nitrogen and oxygen atoms in total. The number of piperazine rings is 1. The lowest BCUT2D eigenvalue weighted by Gasteiger charge is -2.35. The number of carbonyl (C=O) groups is 2. The van der Waals surface area contributed by atoms with Crippen LogP contribution in [0, 0.1) is 0 Å². The average Bonchev–Trinajstić information content (AvgIpc) is 3.40. The maximum absolute atomic E-state index is 12.7. The molecule has 4 rings (SSSR count). The van der Waals surface area contributed by atoms with Gasteiger partial charge in [-0.05, 0) is 11.4 Å². The summed E-state index contributed by atoms with van der Waals surface area (Å²) in [6.45, 7) is 5.68. The largest absolute Gasteiger partial charge is 0.378 e. The molecule has 0 radical (unpaired) electrons. The average molecular weight is 407 g/mol. The van der Waals surface area contributed by atoms with Crippen molar-refractivity contribution in [3.8, 4) is 10.6 Å². The third-order valence-corrected chi connectivity index (χ3v) is 6.45. The second kappa shape index (κ2) is 8.47. The molecule has 0 aromatic carbocycles. The van der Waals surface area contributed by atoms with Crippen molar-refractivity contribution in [2.24, 2.45) is 0 Å². The van der Waals surface area contributed by atoms with Crippen molar-refractivity contribution >= 4 is 34.5 Å². The van der Waals surface area contributed by atoms with Gasteiger partial charge in [-0.1, -0.05) is 0 Å². The maximum Gasteiger partial charge on any atom is 0.273 e. The van der Waals surface area contributed by atoms with Gasteiger partial charge in [0.05, 0.1) is 19.8 Å². The number of morpholine rings is 1. The molecule has 0 saturated carbocycles. The third-order valence-electron chi connectivity index (χ3n) is 4.87. The fourth-order valence-electron chi connectivity index (χ4n) is 3.27. The zero-order chi connectivity index (χ0) is 18.6. The highest BCUT2D eigenvalue weighted by Gasteiger charge is 2.26. The number of hydrogen-bond acceptors (Lipinski definition) is 7. The number of nitrogens with zero attached hydrogens (tertiary/aromatic N) is 4. The highest BCUT2D eigenvalue weighted by atomic mass is 32.1. The third kappa shape index (κ3) is 4.37. The van der Waals surface area contributed by atoms with Crippen molar-refractivity contribution in [1.82, 2.24) is 19.7 Å². The summed E-state index contributed by atoms with van der Waals surface area (Å²) in [5.41, 5.74) is 1.58. The first-order chi connectivity index (χ1) is 13.2. The van der Waals surface area contributed by atoms with Crippen molar-refractivity contribution in [3.63, 3.8) is 0 Å². The highest BCUT2D eigenvalue weighted by molar-refractivity contribution is 7.14. The standard InChI is InChI=1S/C18H22N4O3S2/c23-16(21-6-8-25-9-7-21)11-20-2-4-22(5-3-20)18(24)15-13-27-17(19-15)14-1-10-26-12-14/h1,10,12-13H,2-9,11H2. The van der Waals surface area contributed by atoms with Crippen molar-refractivity contribution in [2.45, 2.75) is 0 Å². The molecule has 2 aromatic heterocycles. The molecule has 2 aliphatic rings. The van der Waals surface area contributed by atoms with Crippen molar-refractivity contribution in [1.29, 1.82) is 0 Å². The minimum Gasteiger partial charge on any atom is -0.378 e. The Morgan fingerprint density at radius 2 is 1.81 bits per heavy atom. The summed E-state index contributed by atoms with van der Waals surface area (Å²) in [7, 11) is 0. The Balaban J connectivity index is 1.28. The lowest BCUT2D eigenvalue weighted by atomic mass is 10.2. The van der Waals surface area contributed by atoms with Crippen LogP contribution in [0.3, 0.4) is 0 Å². The number of ether oxygens (including phenoxy) is 1. The van der Waals surface area contributed by atoms with Crippen LogP contribution in [-0.4, -0.2) is 90.5 Å². The van der Waals surface area contributed by atoms with Crippen molar-refractivity contribution in [3.05, 3.63) is 27.9 Å². The normalized spacial score (nSPS) is 18.7. The van der Waals surface area contributed by atoms with E-state index in [-0.39, 0.29) is 11.8 Å². The topological polar surface area (TPSA) is 66.0 Å². The fourth-order valence-corrected chi connectivity index (χ4v) is 4.77. The quantitative estimate of drug-likeness (QED) is 0.770. The van der Waals surface area contributed by atoms with E-state index in [0.29, 0.717) is 64.7 Å². The van der Waals surface area contributed by atoms with Crippen LogP contribution in [0.4, 0.5) is 0 Å². The smallest absolute Gasteiger partial charge is 0.273 e. The molecular weight excluding hydrogens is 384 g/mol. The van der Waals surface area contributed by atoms with Crippen LogP contribution in [0.25, 0.3) is 10.6 Å². The van der Waals surface area contributed by atoms with Gasteiger partial charge < -0.3 is 14.5 Å². The molecular formula is C18H22N4O3S2. The molecule has 0 atom stereocenters. The van der Waals surface area contributed by atoms with E-state index in [1.165, 1.54) is 11.3 Å². The predicted molar refractivity (Wildman–Crippen MR) is 105 cm³/mol. The molecule has 2 fully saturated rings. The number of rotatable bonds is 4. The Labute approximate surface area is 166 Å². The van der Waals surface area contributed by atoms with E-state index < -0.39 is 0 Å². The van der Waals surface area contributed by atoms with Gasteiger partial charge in [0.15, 0.2) is 0 Å². The van der Waals surface area contributed by atoms with Crippen molar-refractivity contribution in [2.75, 3.05) is 59.0 Å². The van der Waals surface area contributed by atoms with E-state index in [4.69, 9.17) is 4.74 Å². The maximum atomic E-state index is 12.7. The van der Waals surface area contributed by atoms with E-state index in [1.54, 1.807) is 11.3 Å². The van der Waals surface area contributed by atoms with E-state index in [1.807, 2.05) is 32.0 Å². The summed E-state index contributed by atoms with van der Waals surface area (Å²) < 4.78 is 5.29. The monoisotopic (exact) mass is 406 g/mol. The second-order valence-electron chi connectivity index (χ2n) is 6.61. The number of thiazole rings is 1. The van der Waals surface area contributed by atoms with Gasteiger partial charge in [-0.2, -0.15) is 11.3 Å². The van der Waals surface area contributed by atoms with Gasteiger partial charge >= 0.3 is 0 Å². The molecule has 4 heterocycles. The molecule has 2 aliphatic heterocycles. The van der Waals surface area contributed by atoms with Crippen LogP contribution >= 0.6 is 22.7 Å². The highest BCUT2D eigenvalue weighted by Crippen LogP contribution is 2.26. The van der Waals surface area contributed by atoms with Gasteiger partial charge in [-0.15, -0.1) is 11.3 Å². The zero-order valence-electron chi connectivity index (χ0n) is 15.0. The molecule has 0 aliphatic carbocycles. The molecule has 27 heavy (non-hydrogen) atoms. The van der Waals surface area contributed by atoms with Crippen LogP contribution in [0.1, 0.15) is 10.5 Å². The van der Waals surface area contributed by atoms with Crippen LogP contribution in [0.5, 0.6) is 0 Å². The predicted octanol–water partition coefficient (Wildman–Crippen LogP) is 1.49. The van der Waals surface area contributed by atoms with Gasteiger partial charge in [0, 0.05) is 55.6 Å². The zero-order valence-corrected chi connectivity index (χ0v) is 16.6. The summed E-state index contributed by atoms with van der Waals surface area (Å²) in [6, 6.07) is 2.02. The molecule has 9 heteroatoms. The molecule has 2 aromatic rings. The lowest BCUT2D eigenvalue weighted by molar-refractivity contribution is -0.136. The van der Waals surface area contributed by atoms with E-state index in [9.17, 15) is 9.59 Å². The molecule has 2 saturated heterocycles. The molecule has 0 spiro atoms. The van der Waals surface area contributed by atoms with Gasteiger partial charge in [0.2, 0.25) is 5.91 Å². The number of thiophene rings is 1. The van der Waals surface area contributed by atoms with Crippen molar-refractivity contribution < 1.29 is 14.3 Å². The Kier molecular flexibility index (Phi) is 5.82. The SMILES string of the molecule is O=C(CN1CCN(C(=O)c2csc(-c3ccsc3)n2)CC1)N1CCOCC1.